The third-order valence-corrected chi connectivity index (χ3v) is 5.18. The quantitative estimate of drug-likeness (QED) is 0.521. The number of hydrazine groups is 1. The van der Waals surface area contributed by atoms with E-state index in [-0.39, 0.29) is 12.0 Å². The Morgan fingerprint density at radius 2 is 2.00 bits per heavy atom. The summed E-state index contributed by atoms with van der Waals surface area (Å²) < 4.78 is 5.19. The zero-order chi connectivity index (χ0) is 22.0. The molecule has 0 amide bonds. The maximum atomic E-state index is 12.3. The van der Waals surface area contributed by atoms with Crippen molar-refractivity contribution in [2.24, 2.45) is 0 Å². The van der Waals surface area contributed by atoms with Gasteiger partial charge in [-0.15, -0.1) is 0 Å². The Morgan fingerprint density at radius 1 is 1.23 bits per heavy atom. The summed E-state index contributed by atoms with van der Waals surface area (Å²) in [7, 11) is 0. The largest absolute Gasteiger partial charge is 0.463 e. The van der Waals surface area contributed by atoms with Crippen LogP contribution in [0.15, 0.2) is 54.0 Å². The van der Waals surface area contributed by atoms with Crippen molar-refractivity contribution in [1.82, 2.24) is 25.6 Å². The second-order valence-corrected chi connectivity index (χ2v) is 7.23. The van der Waals surface area contributed by atoms with E-state index in [0.717, 1.165) is 22.5 Å². The topological polar surface area (TPSA) is 108 Å². The molecule has 31 heavy (non-hydrogen) atoms. The molecule has 1 unspecified atom stereocenters. The molecule has 3 aromatic rings. The Hall–Kier alpha value is -3.72. The second-order valence-electron chi connectivity index (χ2n) is 7.23. The van der Waals surface area contributed by atoms with Crippen molar-refractivity contribution in [1.29, 1.82) is 0 Å². The Balaban J connectivity index is 1.58. The molecule has 9 heteroatoms. The Kier molecular flexibility index (Phi) is 5.68. The molecule has 3 N–H and O–H groups in total. The van der Waals surface area contributed by atoms with Crippen LogP contribution < -0.4 is 15.8 Å². The summed E-state index contributed by atoms with van der Waals surface area (Å²) in [5.41, 5.74) is 7.59. The molecule has 160 valence electrons. The van der Waals surface area contributed by atoms with Crippen LogP contribution in [0.1, 0.15) is 26.3 Å². The average Bonchev–Trinajstić information content (AvgIpc) is 3.28. The molecular formula is C22H25N7O2. The van der Waals surface area contributed by atoms with E-state index >= 15 is 0 Å². The number of aromatic amines is 1. The predicted octanol–water partition coefficient (Wildman–Crippen LogP) is 3.47. The lowest BCUT2D eigenvalue weighted by atomic mass is 10.1. The van der Waals surface area contributed by atoms with Crippen LogP contribution in [-0.4, -0.2) is 38.8 Å². The first-order valence-corrected chi connectivity index (χ1v) is 10.1. The molecule has 9 nitrogen and oxygen atoms in total. The van der Waals surface area contributed by atoms with Gasteiger partial charge in [-0.25, -0.2) is 20.2 Å². The van der Waals surface area contributed by atoms with Gasteiger partial charge in [0.15, 0.2) is 11.6 Å². The number of aromatic nitrogens is 4. The lowest BCUT2D eigenvalue weighted by Gasteiger charge is -2.20. The summed E-state index contributed by atoms with van der Waals surface area (Å²) in [6, 6.07) is 11.6. The highest BCUT2D eigenvalue weighted by Gasteiger charge is 2.32. The summed E-state index contributed by atoms with van der Waals surface area (Å²) in [5.74, 6) is 1.56. The molecule has 2 aromatic heterocycles. The molecule has 0 aliphatic carbocycles. The normalized spacial score (nSPS) is 16.0. The van der Waals surface area contributed by atoms with Gasteiger partial charge >= 0.3 is 5.97 Å². The minimum atomic E-state index is -0.324. The molecular weight excluding hydrogens is 394 g/mol. The highest BCUT2D eigenvalue weighted by molar-refractivity contribution is 5.92. The van der Waals surface area contributed by atoms with Crippen molar-refractivity contribution in [3.8, 4) is 11.3 Å². The van der Waals surface area contributed by atoms with Crippen molar-refractivity contribution >= 4 is 23.4 Å². The molecule has 0 saturated heterocycles. The molecule has 1 atom stereocenters. The van der Waals surface area contributed by atoms with Crippen LogP contribution in [0.3, 0.4) is 0 Å². The number of benzene rings is 1. The zero-order valence-corrected chi connectivity index (χ0v) is 17.9. The third-order valence-electron chi connectivity index (χ3n) is 5.18. The van der Waals surface area contributed by atoms with Gasteiger partial charge in [-0.1, -0.05) is 30.3 Å². The molecule has 1 aliphatic rings. The van der Waals surface area contributed by atoms with Crippen molar-refractivity contribution in [2.75, 3.05) is 16.9 Å². The first-order valence-electron chi connectivity index (χ1n) is 10.1. The number of ether oxygens (including phenoxy) is 1. The number of esters is 1. The fourth-order valence-corrected chi connectivity index (χ4v) is 3.62. The lowest BCUT2D eigenvalue weighted by Crippen LogP contribution is -2.36. The third kappa shape index (κ3) is 3.99. The highest BCUT2D eigenvalue weighted by Crippen LogP contribution is 2.30. The molecule has 0 saturated carbocycles. The monoisotopic (exact) mass is 419 g/mol. The molecule has 4 rings (SSSR count). The molecule has 0 spiro atoms. The van der Waals surface area contributed by atoms with Crippen LogP contribution >= 0.6 is 0 Å². The van der Waals surface area contributed by atoms with Crippen molar-refractivity contribution in [2.45, 2.75) is 33.7 Å². The summed E-state index contributed by atoms with van der Waals surface area (Å²) in [5, 5.41) is 12.5. The number of carbonyl (C=O) groups excluding carboxylic acids is 1. The van der Waals surface area contributed by atoms with Gasteiger partial charge in [0.1, 0.15) is 12.1 Å². The smallest absolute Gasteiger partial charge is 0.337 e. The Labute approximate surface area is 180 Å². The standard InChI is InChI=1S/C22H25N7O2/c1-5-31-22(30)19-14(3)28-29(15(19)4)18-11-17(23-12-24-18)25-21-13(2)20(26-27-21)16-9-7-6-8-10-16/h6-12,14,28H,5H2,1-4H3,(H2,23,24,25,26,27). The fraction of sp³-hybridized carbons (Fsp3) is 0.273. The first-order chi connectivity index (χ1) is 15.0. The molecule has 0 fully saturated rings. The molecule has 1 aromatic carbocycles. The number of carbonyl (C=O) groups is 1. The van der Waals surface area contributed by atoms with Gasteiger partial charge in [-0.2, -0.15) is 5.10 Å². The van der Waals surface area contributed by atoms with Gasteiger partial charge in [-0.05, 0) is 33.3 Å². The number of anilines is 3. The van der Waals surface area contributed by atoms with E-state index in [9.17, 15) is 4.79 Å². The minimum absolute atomic E-state index is 0.188. The van der Waals surface area contributed by atoms with Crippen LogP contribution in [0, 0.1) is 6.92 Å². The van der Waals surface area contributed by atoms with Crippen LogP contribution in [0.4, 0.5) is 17.5 Å². The Morgan fingerprint density at radius 3 is 2.74 bits per heavy atom. The van der Waals surface area contributed by atoms with E-state index in [1.165, 1.54) is 6.33 Å². The van der Waals surface area contributed by atoms with E-state index in [0.29, 0.717) is 29.6 Å². The van der Waals surface area contributed by atoms with E-state index in [4.69, 9.17) is 4.74 Å². The van der Waals surface area contributed by atoms with Crippen LogP contribution in [0.5, 0.6) is 0 Å². The SMILES string of the molecule is CCOC(=O)C1=C(C)N(c2cc(Nc3n[nH]c(-c4ccccc4)c3C)ncn2)NC1C. The van der Waals surface area contributed by atoms with Crippen LogP contribution in [0.2, 0.25) is 0 Å². The molecule has 0 radical (unpaired) electrons. The maximum Gasteiger partial charge on any atom is 0.337 e. The average molecular weight is 419 g/mol. The van der Waals surface area contributed by atoms with E-state index in [2.05, 4.69) is 30.9 Å². The highest BCUT2D eigenvalue weighted by atomic mass is 16.5. The number of rotatable bonds is 6. The van der Waals surface area contributed by atoms with E-state index in [1.807, 2.05) is 51.1 Å². The molecule has 1 aliphatic heterocycles. The zero-order valence-electron chi connectivity index (χ0n) is 17.9. The number of H-pyrrole nitrogens is 1. The van der Waals surface area contributed by atoms with E-state index in [1.54, 1.807) is 18.0 Å². The van der Waals surface area contributed by atoms with Gasteiger partial charge in [0.05, 0.1) is 23.9 Å². The molecule has 3 heterocycles. The van der Waals surface area contributed by atoms with Crippen LogP contribution in [0.25, 0.3) is 11.3 Å². The van der Waals surface area contributed by atoms with Gasteiger partial charge in [-0.3, -0.25) is 10.1 Å². The first kappa shape index (κ1) is 20.5. The van der Waals surface area contributed by atoms with E-state index < -0.39 is 0 Å². The number of allylic oxidation sites excluding steroid dienone is 1. The summed E-state index contributed by atoms with van der Waals surface area (Å²) in [4.78, 5) is 21.0. The summed E-state index contributed by atoms with van der Waals surface area (Å²) in [6.07, 6.45) is 1.47. The van der Waals surface area contributed by atoms with Crippen molar-refractivity contribution < 1.29 is 9.53 Å². The summed E-state index contributed by atoms with van der Waals surface area (Å²) in [6.45, 7) is 7.90. The second kappa shape index (κ2) is 8.57. The maximum absolute atomic E-state index is 12.3. The minimum Gasteiger partial charge on any atom is -0.463 e. The van der Waals surface area contributed by atoms with Gasteiger partial charge in [0.25, 0.3) is 0 Å². The fourth-order valence-electron chi connectivity index (χ4n) is 3.62. The Bertz CT molecular complexity index is 1120. The van der Waals surface area contributed by atoms with Crippen molar-refractivity contribution in [3.63, 3.8) is 0 Å². The van der Waals surface area contributed by atoms with Gasteiger partial charge in [0, 0.05) is 17.3 Å². The number of nitrogens with one attached hydrogen (secondary N) is 3. The van der Waals surface area contributed by atoms with Gasteiger partial charge < -0.3 is 10.1 Å². The summed E-state index contributed by atoms with van der Waals surface area (Å²) >= 11 is 0. The van der Waals surface area contributed by atoms with Crippen LogP contribution in [-0.2, 0) is 9.53 Å². The number of hydrogen-bond acceptors (Lipinski definition) is 8. The van der Waals surface area contributed by atoms with Crippen molar-refractivity contribution in [3.05, 3.63) is 59.6 Å². The lowest BCUT2D eigenvalue weighted by molar-refractivity contribution is -0.138. The number of nitrogens with zero attached hydrogens (tertiary/aromatic N) is 4. The molecule has 0 bridgehead atoms. The predicted molar refractivity (Wildman–Crippen MR) is 118 cm³/mol. The van der Waals surface area contributed by atoms with Gasteiger partial charge in [0.2, 0.25) is 0 Å². The number of hydrogen-bond donors (Lipinski definition) is 3.